The molecule has 6 heteroatoms. The van der Waals surface area contributed by atoms with E-state index in [2.05, 4.69) is 40.4 Å². The molecule has 0 radical (unpaired) electrons. The van der Waals surface area contributed by atoms with E-state index in [1.54, 1.807) is 0 Å². The van der Waals surface area contributed by atoms with Crippen molar-refractivity contribution < 1.29 is 0 Å². The summed E-state index contributed by atoms with van der Waals surface area (Å²) in [7, 11) is 0. The molecule has 5 nitrogen and oxygen atoms in total. The Morgan fingerprint density at radius 2 is 2.06 bits per heavy atom. The Bertz CT molecular complexity index is 403. The predicted octanol–water partition coefficient (Wildman–Crippen LogP) is 1.88. The SMILES string of the molecule is CSC(C)(C)CNc1nc(N)nc(C2CC2)n1. The highest BCUT2D eigenvalue weighted by Gasteiger charge is 2.27. The summed E-state index contributed by atoms with van der Waals surface area (Å²) in [6, 6.07) is 0. The lowest BCUT2D eigenvalue weighted by Gasteiger charge is -2.22. The van der Waals surface area contributed by atoms with Gasteiger partial charge in [0.05, 0.1) is 0 Å². The van der Waals surface area contributed by atoms with E-state index in [4.69, 9.17) is 5.73 Å². The number of rotatable bonds is 5. The van der Waals surface area contributed by atoms with Gasteiger partial charge >= 0.3 is 0 Å². The highest BCUT2D eigenvalue weighted by Crippen LogP contribution is 2.38. The van der Waals surface area contributed by atoms with Crippen molar-refractivity contribution in [2.45, 2.75) is 37.4 Å². The largest absolute Gasteiger partial charge is 0.368 e. The number of nitrogens with zero attached hydrogens (tertiary/aromatic N) is 3. The molecule has 0 amide bonds. The van der Waals surface area contributed by atoms with Gasteiger partial charge in [0.1, 0.15) is 5.82 Å². The number of aromatic nitrogens is 3. The first-order valence-electron chi connectivity index (χ1n) is 5.80. The first-order valence-corrected chi connectivity index (χ1v) is 7.03. The lowest BCUT2D eigenvalue weighted by molar-refractivity contribution is 0.743. The zero-order chi connectivity index (χ0) is 12.5. The Hall–Kier alpha value is -1.04. The van der Waals surface area contributed by atoms with Crippen molar-refractivity contribution in [2.75, 3.05) is 23.9 Å². The second-order valence-corrected chi connectivity index (χ2v) is 6.48. The fourth-order valence-electron chi connectivity index (χ4n) is 1.38. The Morgan fingerprint density at radius 3 is 2.65 bits per heavy atom. The van der Waals surface area contributed by atoms with Crippen molar-refractivity contribution >= 4 is 23.7 Å². The molecule has 1 aromatic heterocycles. The molecule has 0 saturated heterocycles. The molecule has 1 fully saturated rings. The quantitative estimate of drug-likeness (QED) is 0.834. The van der Waals surface area contributed by atoms with E-state index in [0.29, 0.717) is 17.8 Å². The number of nitrogen functional groups attached to an aromatic ring is 1. The van der Waals surface area contributed by atoms with E-state index in [1.807, 2.05) is 11.8 Å². The zero-order valence-electron chi connectivity index (χ0n) is 10.5. The third-order valence-corrected chi connectivity index (χ3v) is 4.09. The normalized spacial score (nSPS) is 15.9. The highest BCUT2D eigenvalue weighted by molar-refractivity contribution is 7.99. The molecule has 1 aliphatic carbocycles. The Balaban J connectivity index is 2.05. The van der Waals surface area contributed by atoms with E-state index in [-0.39, 0.29) is 4.75 Å². The van der Waals surface area contributed by atoms with Crippen molar-refractivity contribution in [3.05, 3.63) is 5.82 Å². The van der Waals surface area contributed by atoms with Gasteiger partial charge in [0.2, 0.25) is 11.9 Å². The van der Waals surface area contributed by atoms with Crippen molar-refractivity contribution in [3.8, 4) is 0 Å². The van der Waals surface area contributed by atoms with Crippen LogP contribution < -0.4 is 11.1 Å². The van der Waals surface area contributed by atoms with E-state index in [0.717, 1.165) is 12.4 Å². The van der Waals surface area contributed by atoms with E-state index >= 15 is 0 Å². The van der Waals surface area contributed by atoms with Gasteiger partial charge in [0.25, 0.3) is 0 Å². The molecule has 0 aliphatic heterocycles. The average Bonchev–Trinajstić information content (AvgIpc) is 3.10. The minimum absolute atomic E-state index is 0.154. The smallest absolute Gasteiger partial charge is 0.227 e. The fourth-order valence-corrected chi connectivity index (χ4v) is 1.59. The molecule has 0 atom stereocenters. The van der Waals surface area contributed by atoms with E-state index in [9.17, 15) is 0 Å². The summed E-state index contributed by atoms with van der Waals surface area (Å²) in [5, 5.41) is 3.24. The van der Waals surface area contributed by atoms with Crippen LogP contribution in [0.1, 0.15) is 38.4 Å². The molecular formula is C11H19N5S. The highest BCUT2D eigenvalue weighted by atomic mass is 32.2. The molecule has 1 saturated carbocycles. The third kappa shape index (κ3) is 3.46. The summed E-state index contributed by atoms with van der Waals surface area (Å²) in [5.41, 5.74) is 5.69. The van der Waals surface area contributed by atoms with Gasteiger partial charge in [0.15, 0.2) is 0 Å². The maximum atomic E-state index is 5.69. The number of hydrogen-bond donors (Lipinski definition) is 2. The van der Waals surface area contributed by atoms with Gasteiger partial charge in [-0.25, -0.2) is 0 Å². The summed E-state index contributed by atoms with van der Waals surface area (Å²) in [4.78, 5) is 12.7. The van der Waals surface area contributed by atoms with Crippen molar-refractivity contribution in [3.63, 3.8) is 0 Å². The second-order valence-electron chi connectivity index (χ2n) is 4.97. The topological polar surface area (TPSA) is 76.7 Å². The van der Waals surface area contributed by atoms with Gasteiger partial charge in [-0.05, 0) is 32.9 Å². The van der Waals surface area contributed by atoms with Gasteiger partial charge in [0, 0.05) is 17.2 Å². The minimum Gasteiger partial charge on any atom is -0.368 e. The molecule has 3 N–H and O–H groups in total. The molecular weight excluding hydrogens is 234 g/mol. The first-order chi connectivity index (χ1) is 8.00. The van der Waals surface area contributed by atoms with Gasteiger partial charge < -0.3 is 11.1 Å². The molecule has 0 aromatic carbocycles. The Kier molecular flexibility index (Phi) is 3.42. The van der Waals surface area contributed by atoms with Crippen molar-refractivity contribution in [2.24, 2.45) is 0 Å². The molecule has 2 rings (SSSR count). The standard InChI is InChI=1S/C11H19N5S/c1-11(2,17-3)6-13-10-15-8(7-4-5-7)14-9(12)16-10/h7H,4-6H2,1-3H3,(H3,12,13,14,15,16). The summed E-state index contributed by atoms with van der Waals surface area (Å²) in [6.45, 7) is 5.16. The number of anilines is 2. The Morgan fingerprint density at radius 1 is 1.35 bits per heavy atom. The molecule has 1 heterocycles. The van der Waals surface area contributed by atoms with Crippen LogP contribution in [0.15, 0.2) is 0 Å². The summed E-state index contributed by atoms with van der Waals surface area (Å²) < 4.78 is 0.154. The first kappa shape index (κ1) is 12.4. The van der Waals surface area contributed by atoms with Gasteiger partial charge in [-0.15, -0.1) is 0 Å². The number of thioether (sulfide) groups is 1. The Labute approximate surface area is 106 Å². The number of hydrogen-bond acceptors (Lipinski definition) is 6. The van der Waals surface area contributed by atoms with Gasteiger partial charge in [-0.2, -0.15) is 26.7 Å². The predicted molar refractivity (Wildman–Crippen MR) is 72.3 cm³/mol. The summed E-state index contributed by atoms with van der Waals surface area (Å²) in [5.74, 6) is 2.24. The average molecular weight is 253 g/mol. The molecule has 0 bridgehead atoms. The van der Waals surface area contributed by atoms with Crippen LogP contribution in [0.5, 0.6) is 0 Å². The number of nitrogens with two attached hydrogens (primary N) is 1. The van der Waals surface area contributed by atoms with Crippen LogP contribution in [-0.2, 0) is 0 Å². The van der Waals surface area contributed by atoms with Crippen molar-refractivity contribution in [1.29, 1.82) is 0 Å². The molecule has 17 heavy (non-hydrogen) atoms. The van der Waals surface area contributed by atoms with Crippen LogP contribution in [0.3, 0.4) is 0 Å². The molecule has 1 aromatic rings. The van der Waals surface area contributed by atoms with Gasteiger partial charge in [-0.3, -0.25) is 0 Å². The summed E-state index contributed by atoms with van der Waals surface area (Å²) >= 11 is 1.81. The second kappa shape index (κ2) is 4.68. The fraction of sp³-hybridized carbons (Fsp3) is 0.727. The minimum atomic E-state index is 0.154. The zero-order valence-corrected chi connectivity index (χ0v) is 11.3. The lowest BCUT2D eigenvalue weighted by atomic mass is 10.2. The van der Waals surface area contributed by atoms with Crippen LogP contribution in [-0.4, -0.2) is 32.5 Å². The number of nitrogens with one attached hydrogen (secondary N) is 1. The molecule has 0 spiro atoms. The lowest BCUT2D eigenvalue weighted by Crippen LogP contribution is -2.27. The maximum Gasteiger partial charge on any atom is 0.227 e. The monoisotopic (exact) mass is 253 g/mol. The molecule has 94 valence electrons. The van der Waals surface area contributed by atoms with Crippen LogP contribution in [0.2, 0.25) is 0 Å². The maximum absolute atomic E-state index is 5.69. The molecule has 0 unspecified atom stereocenters. The summed E-state index contributed by atoms with van der Waals surface area (Å²) in [6.07, 6.45) is 4.43. The molecule has 1 aliphatic rings. The van der Waals surface area contributed by atoms with Crippen LogP contribution in [0, 0.1) is 0 Å². The van der Waals surface area contributed by atoms with E-state index < -0.39 is 0 Å². The van der Waals surface area contributed by atoms with Crippen molar-refractivity contribution in [1.82, 2.24) is 15.0 Å². The van der Waals surface area contributed by atoms with Crippen LogP contribution >= 0.6 is 11.8 Å². The van der Waals surface area contributed by atoms with Crippen LogP contribution in [0.25, 0.3) is 0 Å². The third-order valence-electron chi connectivity index (χ3n) is 2.84. The van der Waals surface area contributed by atoms with Crippen LogP contribution in [0.4, 0.5) is 11.9 Å². The van der Waals surface area contributed by atoms with E-state index in [1.165, 1.54) is 12.8 Å². The van der Waals surface area contributed by atoms with Gasteiger partial charge in [-0.1, -0.05) is 0 Å².